The van der Waals surface area contributed by atoms with E-state index in [1.807, 2.05) is 52.7 Å². The first-order valence-corrected chi connectivity index (χ1v) is 18.8. The molecule has 2 aromatic carbocycles. The zero-order chi connectivity index (χ0) is 39.0. The van der Waals surface area contributed by atoms with Gasteiger partial charge in [-0.05, 0) is 108 Å². The first kappa shape index (κ1) is 47.2. The maximum absolute atomic E-state index is 12.5. The molecule has 0 radical (unpaired) electrons. The van der Waals surface area contributed by atoms with Gasteiger partial charge in [0.15, 0.2) is 6.10 Å². The third-order valence-electron chi connectivity index (χ3n) is 7.89. The number of ether oxygens (including phenoxy) is 2. The molecule has 0 heterocycles. The molecule has 0 aromatic heterocycles. The number of benzene rings is 2. The summed E-state index contributed by atoms with van der Waals surface area (Å²) in [6.07, 6.45) is 6.04. The third kappa shape index (κ3) is 21.3. The second kappa shape index (κ2) is 26.1. The van der Waals surface area contributed by atoms with Crippen molar-refractivity contribution in [1.29, 1.82) is 0 Å². The topological polar surface area (TPSA) is 143 Å². The zero-order valence-corrected chi connectivity index (χ0v) is 33.7. The lowest BCUT2D eigenvalue weighted by atomic mass is 9.93. The van der Waals surface area contributed by atoms with E-state index in [1.165, 1.54) is 28.3 Å². The first-order valence-electron chi connectivity index (χ1n) is 17.6. The maximum atomic E-state index is 12.5. The first-order chi connectivity index (χ1) is 24.1. The molecule has 0 spiro atoms. The molecule has 2 rings (SSSR count). The lowest BCUT2D eigenvalue weighted by Crippen LogP contribution is -2.45. The molecule has 0 fully saturated rings. The van der Waals surface area contributed by atoms with Crippen molar-refractivity contribution in [3.63, 3.8) is 0 Å². The van der Waals surface area contributed by atoms with E-state index in [2.05, 4.69) is 69.4 Å². The molecule has 286 valence electrons. The van der Waals surface area contributed by atoms with E-state index in [0.29, 0.717) is 5.92 Å². The standard InChI is InChI=1S/C30H47N3O6.C9H12O.CH5P/c1-21(2)17-25(28(36)37)39-29(38)30(4,5)20-33-27(35)19-32-26(34)10-8-7-9-22(3)11-12-23-13-15-24(16-14-23)18-31-6;1-7-4-5-9(10-3)8(2)6-7;1-2/h8,10,13-16,21-22,25,31H,7,9,11-12,17-20H2,1-6H3,(H,32,34)(H,33,35)(H,36,37);4-6H,1-3H3;2H2,1H3/b10-8+;;. The van der Waals surface area contributed by atoms with Crippen LogP contribution in [-0.4, -0.2) is 68.9 Å². The van der Waals surface area contributed by atoms with E-state index in [0.717, 1.165) is 38.0 Å². The van der Waals surface area contributed by atoms with Gasteiger partial charge in [0.25, 0.3) is 0 Å². The molecule has 3 atom stereocenters. The Morgan fingerprint density at radius 1 is 0.941 bits per heavy atom. The summed E-state index contributed by atoms with van der Waals surface area (Å²) < 4.78 is 10.3. The fraction of sp³-hybridized carbons (Fsp3) is 0.550. The molecular weight excluding hydrogens is 665 g/mol. The van der Waals surface area contributed by atoms with Crippen LogP contribution in [0.25, 0.3) is 0 Å². The van der Waals surface area contributed by atoms with Gasteiger partial charge in [-0.1, -0.05) is 75.5 Å². The number of carboxylic acid groups (broad SMARTS) is 1. The van der Waals surface area contributed by atoms with Gasteiger partial charge in [0.2, 0.25) is 11.8 Å². The molecule has 0 aliphatic carbocycles. The van der Waals surface area contributed by atoms with Crippen LogP contribution >= 0.6 is 9.24 Å². The largest absolute Gasteiger partial charge is 0.496 e. The fourth-order valence-corrected chi connectivity index (χ4v) is 4.78. The number of rotatable bonds is 19. The number of allylic oxidation sites excluding steroid dienone is 1. The highest BCUT2D eigenvalue weighted by Crippen LogP contribution is 2.20. The van der Waals surface area contributed by atoms with Gasteiger partial charge in [-0.3, -0.25) is 14.4 Å². The van der Waals surface area contributed by atoms with Crippen molar-refractivity contribution in [2.24, 2.45) is 17.3 Å². The number of carboxylic acids is 1. The van der Waals surface area contributed by atoms with Gasteiger partial charge >= 0.3 is 11.9 Å². The van der Waals surface area contributed by atoms with E-state index >= 15 is 0 Å². The molecule has 2 amide bonds. The van der Waals surface area contributed by atoms with E-state index < -0.39 is 29.4 Å². The van der Waals surface area contributed by atoms with Gasteiger partial charge in [-0.25, -0.2) is 4.79 Å². The highest BCUT2D eigenvalue weighted by Gasteiger charge is 2.34. The lowest BCUT2D eigenvalue weighted by molar-refractivity contribution is -0.171. The highest BCUT2D eigenvalue weighted by atomic mass is 31.0. The van der Waals surface area contributed by atoms with E-state index in [4.69, 9.17) is 9.47 Å². The number of aryl methyl sites for hydroxylation is 3. The lowest BCUT2D eigenvalue weighted by Gasteiger charge is -2.25. The summed E-state index contributed by atoms with van der Waals surface area (Å²) >= 11 is 0. The number of esters is 1. The summed E-state index contributed by atoms with van der Waals surface area (Å²) in [5, 5.41) is 17.5. The molecule has 0 bridgehead atoms. The van der Waals surface area contributed by atoms with Crippen LogP contribution in [0, 0.1) is 31.1 Å². The molecule has 4 N–H and O–H groups in total. The smallest absolute Gasteiger partial charge is 0.345 e. The maximum Gasteiger partial charge on any atom is 0.345 e. The van der Waals surface area contributed by atoms with Crippen LogP contribution in [0.15, 0.2) is 54.6 Å². The fourth-order valence-electron chi connectivity index (χ4n) is 4.78. The van der Waals surface area contributed by atoms with Crippen LogP contribution in [0.5, 0.6) is 5.75 Å². The summed E-state index contributed by atoms with van der Waals surface area (Å²) in [4.78, 5) is 48.0. The van der Waals surface area contributed by atoms with Gasteiger partial charge in [-0.15, -0.1) is 9.24 Å². The zero-order valence-electron chi connectivity index (χ0n) is 32.6. The molecule has 51 heavy (non-hydrogen) atoms. The minimum atomic E-state index is -1.23. The summed E-state index contributed by atoms with van der Waals surface area (Å²) in [6.45, 7) is 15.6. The third-order valence-corrected chi connectivity index (χ3v) is 7.89. The van der Waals surface area contributed by atoms with Gasteiger partial charge in [0.1, 0.15) is 5.75 Å². The molecule has 11 heteroatoms. The van der Waals surface area contributed by atoms with E-state index in [9.17, 15) is 24.3 Å². The van der Waals surface area contributed by atoms with Crippen molar-refractivity contribution in [2.75, 3.05) is 33.9 Å². The van der Waals surface area contributed by atoms with Crippen LogP contribution in [-0.2, 0) is 36.9 Å². The van der Waals surface area contributed by atoms with Crippen molar-refractivity contribution in [3.05, 3.63) is 76.9 Å². The number of carbonyl (C=O) groups is 4. The quantitative estimate of drug-likeness (QED) is 0.0738. The molecule has 10 nitrogen and oxygen atoms in total. The summed E-state index contributed by atoms with van der Waals surface area (Å²) in [5.41, 5.74) is 3.94. The number of hydrogen-bond donors (Lipinski definition) is 4. The van der Waals surface area contributed by atoms with Gasteiger partial charge in [0.05, 0.1) is 19.1 Å². The molecule has 0 aliphatic heterocycles. The van der Waals surface area contributed by atoms with Crippen molar-refractivity contribution in [2.45, 2.75) is 93.2 Å². The number of carbonyl (C=O) groups excluding carboxylic acids is 3. The van der Waals surface area contributed by atoms with E-state index in [1.54, 1.807) is 21.0 Å². The highest BCUT2D eigenvalue weighted by molar-refractivity contribution is 7.15. The number of aliphatic carboxylic acids is 1. The Hall–Kier alpha value is -3.75. The van der Waals surface area contributed by atoms with Crippen LogP contribution < -0.4 is 20.7 Å². The van der Waals surface area contributed by atoms with E-state index in [-0.39, 0.29) is 31.3 Å². The van der Waals surface area contributed by atoms with Gasteiger partial charge in [-0.2, -0.15) is 0 Å². The molecule has 3 unspecified atom stereocenters. The molecular formula is C40H64N3O7P. The van der Waals surface area contributed by atoms with Crippen molar-refractivity contribution in [3.8, 4) is 5.75 Å². The number of amides is 2. The Morgan fingerprint density at radius 3 is 2.12 bits per heavy atom. The second-order valence-electron chi connectivity index (χ2n) is 13.7. The molecule has 2 aromatic rings. The Bertz CT molecular complexity index is 1360. The Kier molecular flexibility index (Phi) is 24.2. The van der Waals surface area contributed by atoms with Crippen LogP contribution in [0.3, 0.4) is 0 Å². The van der Waals surface area contributed by atoms with Crippen LogP contribution in [0.2, 0.25) is 0 Å². The monoisotopic (exact) mass is 729 g/mol. The van der Waals surface area contributed by atoms with Crippen molar-refractivity contribution >= 4 is 33.0 Å². The SMILES string of the molecule is CNCc1ccc(CCC(C)CC/C=C/C(=O)NCC(=O)NCC(C)(C)C(=O)OC(CC(C)C)C(=O)O)cc1.COc1ccc(C)cc1C.CP. The molecule has 0 aliphatic rings. The van der Waals surface area contributed by atoms with Crippen LogP contribution in [0.1, 0.15) is 82.6 Å². The number of methoxy groups -OCH3 is 1. The minimum absolute atomic E-state index is 0.0414. The number of nitrogens with one attached hydrogen (secondary N) is 3. The Labute approximate surface area is 309 Å². The Balaban J connectivity index is 0.00000176. The second-order valence-corrected chi connectivity index (χ2v) is 13.7. The Morgan fingerprint density at radius 2 is 1.57 bits per heavy atom. The van der Waals surface area contributed by atoms with Crippen LogP contribution in [0.4, 0.5) is 0 Å². The average Bonchev–Trinajstić information content (AvgIpc) is 3.08. The van der Waals surface area contributed by atoms with Crippen molar-refractivity contribution in [1.82, 2.24) is 16.0 Å². The summed E-state index contributed by atoms with van der Waals surface area (Å²) in [7, 11) is 6.04. The normalized spacial score (nSPS) is 12.1. The number of hydrogen-bond acceptors (Lipinski definition) is 7. The predicted molar refractivity (Wildman–Crippen MR) is 210 cm³/mol. The molecule has 0 saturated heterocycles. The van der Waals surface area contributed by atoms with Gasteiger partial charge < -0.3 is 30.5 Å². The summed E-state index contributed by atoms with van der Waals surface area (Å²) in [5.74, 6) is -1.21. The van der Waals surface area contributed by atoms with Gasteiger partial charge in [0, 0.05) is 13.1 Å². The average molecular weight is 730 g/mol. The minimum Gasteiger partial charge on any atom is -0.496 e. The molecule has 0 saturated carbocycles. The van der Waals surface area contributed by atoms with Crippen molar-refractivity contribution < 1.29 is 33.8 Å². The summed E-state index contributed by atoms with van der Waals surface area (Å²) in [6, 6.07) is 14.8. The predicted octanol–water partition coefficient (Wildman–Crippen LogP) is 6.42.